The molecule has 1 aliphatic carbocycles. The Morgan fingerprint density at radius 3 is 2.60 bits per heavy atom. The molecule has 1 aromatic rings. The van der Waals surface area contributed by atoms with Crippen molar-refractivity contribution in [2.75, 3.05) is 10.7 Å². The molecule has 0 aliphatic heterocycles. The lowest BCUT2D eigenvalue weighted by molar-refractivity contribution is 0.501. The van der Waals surface area contributed by atoms with E-state index in [2.05, 4.69) is 34.6 Å². The van der Waals surface area contributed by atoms with E-state index >= 15 is 0 Å². The average molecular weight is 277 g/mol. The summed E-state index contributed by atoms with van der Waals surface area (Å²) in [6.07, 6.45) is 7.19. The average Bonchev–Trinajstić information content (AvgIpc) is 2.66. The summed E-state index contributed by atoms with van der Waals surface area (Å²) < 4.78 is 0. The molecule has 1 aromatic heterocycles. The van der Waals surface area contributed by atoms with Crippen molar-refractivity contribution >= 4 is 11.6 Å². The second kappa shape index (κ2) is 6.88. The summed E-state index contributed by atoms with van der Waals surface area (Å²) in [7, 11) is 0. The molecule has 0 spiro atoms. The van der Waals surface area contributed by atoms with E-state index in [0.717, 1.165) is 35.4 Å². The first-order chi connectivity index (χ1) is 9.63. The largest absolute Gasteiger partial charge is 0.367 e. The zero-order chi connectivity index (χ0) is 14.5. The third kappa shape index (κ3) is 3.60. The summed E-state index contributed by atoms with van der Waals surface area (Å²) in [6, 6.07) is 0.517. The molecule has 0 bridgehead atoms. The van der Waals surface area contributed by atoms with Gasteiger partial charge in [0, 0.05) is 18.0 Å². The van der Waals surface area contributed by atoms with Crippen LogP contribution in [0.4, 0.5) is 11.6 Å². The Kier molecular flexibility index (Phi) is 5.17. The zero-order valence-electron chi connectivity index (χ0n) is 12.9. The molecule has 0 radical (unpaired) electrons. The van der Waals surface area contributed by atoms with Crippen molar-refractivity contribution in [2.45, 2.75) is 65.3 Å². The van der Waals surface area contributed by atoms with Crippen LogP contribution in [0.3, 0.4) is 0 Å². The Balaban J connectivity index is 2.15. The van der Waals surface area contributed by atoms with E-state index in [1.165, 1.54) is 32.1 Å². The van der Waals surface area contributed by atoms with Crippen molar-refractivity contribution < 1.29 is 0 Å². The molecule has 2 atom stereocenters. The van der Waals surface area contributed by atoms with Crippen LogP contribution in [-0.2, 0) is 6.42 Å². The van der Waals surface area contributed by atoms with Gasteiger partial charge in [-0.25, -0.2) is 15.8 Å². The number of nitrogens with zero attached hydrogens (tertiary/aromatic N) is 2. The Morgan fingerprint density at radius 1 is 1.15 bits per heavy atom. The fraction of sp³-hybridized carbons (Fsp3) is 0.733. The third-order valence-electron chi connectivity index (χ3n) is 4.24. The van der Waals surface area contributed by atoms with Crippen LogP contribution in [0.15, 0.2) is 0 Å². The minimum Gasteiger partial charge on any atom is -0.367 e. The SMILES string of the molecule is CCc1nc(NN)c(C)c(NC2CCCC(C)CC2)n1. The van der Waals surface area contributed by atoms with Crippen LogP contribution in [0.25, 0.3) is 0 Å². The van der Waals surface area contributed by atoms with Gasteiger partial charge in [0.2, 0.25) is 0 Å². The molecule has 5 heteroatoms. The molecule has 0 aromatic carbocycles. The summed E-state index contributed by atoms with van der Waals surface area (Å²) in [5, 5.41) is 3.61. The first-order valence-electron chi connectivity index (χ1n) is 7.74. The van der Waals surface area contributed by atoms with Crippen LogP contribution in [0, 0.1) is 12.8 Å². The number of aromatic nitrogens is 2. The fourth-order valence-corrected chi connectivity index (χ4v) is 2.83. The first-order valence-corrected chi connectivity index (χ1v) is 7.74. The Labute approximate surface area is 121 Å². The van der Waals surface area contributed by atoms with Gasteiger partial charge in [0.15, 0.2) is 0 Å². The Hall–Kier alpha value is -1.36. The number of hydrogen-bond acceptors (Lipinski definition) is 5. The van der Waals surface area contributed by atoms with Gasteiger partial charge in [-0.1, -0.05) is 26.7 Å². The normalized spacial score (nSPS) is 23.2. The van der Waals surface area contributed by atoms with E-state index in [1.807, 2.05) is 6.92 Å². The van der Waals surface area contributed by atoms with Gasteiger partial charge >= 0.3 is 0 Å². The maximum Gasteiger partial charge on any atom is 0.148 e. The molecular weight excluding hydrogens is 250 g/mol. The smallest absolute Gasteiger partial charge is 0.148 e. The lowest BCUT2D eigenvalue weighted by Crippen LogP contribution is -2.22. The van der Waals surface area contributed by atoms with E-state index < -0.39 is 0 Å². The molecule has 1 aliphatic rings. The van der Waals surface area contributed by atoms with Gasteiger partial charge in [0.1, 0.15) is 17.5 Å². The summed E-state index contributed by atoms with van der Waals surface area (Å²) in [6.45, 7) is 6.42. The monoisotopic (exact) mass is 277 g/mol. The van der Waals surface area contributed by atoms with Crippen molar-refractivity contribution in [1.82, 2.24) is 9.97 Å². The van der Waals surface area contributed by atoms with Crippen LogP contribution in [0.2, 0.25) is 0 Å². The molecule has 5 nitrogen and oxygen atoms in total. The van der Waals surface area contributed by atoms with Gasteiger partial charge in [-0.3, -0.25) is 0 Å². The molecular formula is C15H27N5. The van der Waals surface area contributed by atoms with Crippen molar-refractivity contribution in [3.63, 3.8) is 0 Å². The van der Waals surface area contributed by atoms with Crippen LogP contribution in [0.1, 0.15) is 57.3 Å². The van der Waals surface area contributed by atoms with Crippen molar-refractivity contribution in [2.24, 2.45) is 11.8 Å². The number of nitrogens with two attached hydrogens (primary N) is 1. The van der Waals surface area contributed by atoms with Crippen LogP contribution in [-0.4, -0.2) is 16.0 Å². The van der Waals surface area contributed by atoms with Gasteiger partial charge in [0.25, 0.3) is 0 Å². The van der Waals surface area contributed by atoms with E-state index in [4.69, 9.17) is 5.84 Å². The van der Waals surface area contributed by atoms with E-state index in [0.29, 0.717) is 6.04 Å². The minimum absolute atomic E-state index is 0.517. The van der Waals surface area contributed by atoms with Crippen LogP contribution >= 0.6 is 0 Å². The quantitative estimate of drug-likeness (QED) is 0.448. The Bertz CT molecular complexity index is 446. The maximum absolute atomic E-state index is 5.55. The highest BCUT2D eigenvalue weighted by molar-refractivity contribution is 5.57. The second-order valence-electron chi connectivity index (χ2n) is 5.91. The van der Waals surface area contributed by atoms with E-state index in [9.17, 15) is 0 Å². The third-order valence-corrected chi connectivity index (χ3v) is 4.24. The molecule has 1 fully saturated rings. The van der Waals surface area contributed by atoms with Crippen LogP contribution < -0.4 is 16.6 Å². The lowest BCUT2D eigenvalue weighted by Gasteiger charge is -2.20. The molecule has 4 N–H and O–H groups in total. The van der Waals surface area contributed by atoms with Gasteiger partial charge < -0.3 is 10.7 Å². The summed E-state index contributed by atoms with van der Waals surface area (Å²) in [5.74, 6) is 8.88. The highest BCUT2D eigenvalue weighted by atomic mass is 15.3. The molecule has 1 heterocycles. The molecule has 112 valence electrons. The van der Waals surface area contributed by atoms with Crippen molar-refractivity contribution in [3.8, 4) is 0 Å². The van der Waals surface area contributed by atoms with Gasteiger partial charge in [-0.05, 0) is 32.1 Å². The zero-order valence-corrected chi connectivity index (χ0v) is 12.9. The highest BCUT2D eigenvalue weighted by Crippen LogP contribution is 2.27. The first kappa shape index (κ1) is 15.0. The minimum atomic E-state index is 0.517. The van der Waals surface area contributed by atoms with Gasteiger partial charge in [-0.15, -0.1) is 0 Å². The number of rotatable bonds is 4. The highest BCUT2D eigenvalue weighted by Gasteiger charge is 2.18. The predicted octanol–water partition coefficient (Wildman–Crippen LogP) is 3.01. The number of nitrogen functional groups attached to an aromatic ring is 1. The second-order valence-corrected chi connectivity index (χ2v) is 5.91. The maximum atomic E-state index is 5.55. The molecule has 2 unspecified atom stereocenters. The summed E-state index contributed by atoms with van der Waals surface area (Å²) >= 11 is 0. The van der Waals surface area contributed by atoms with Gasteiger partial charge in [-0.2, -0.15) is 0 Å². The standard InChI is InChI=1S/C15H27N5/c1-4-13-18-14(11(3)15(19-13)20-16)17-12-7-5-6-10(2)8-9-12/h10,12H,4-9,16H2,1-3H3,(H2,17,18,19,20). The number of anilines is 2. The summed E-state index contributed by atoms with van der Waals surface area (Å²) in [5.41, 5.74) is 3.68. The predicted molar refractivity (Wildman–Crippen MR) is 83.6 cm³/mol. The topological polar surface area (TPSA) is 75.9 Å². The number of hydrazine groups is 1. The summed E-state index contributed by atoms with van der Waals surface area (Å²) in [4.78, 5) is 9.03. The molecule has 0 amide bonds. The molecule has 20 heavy (non-hydrogen) atoms. The fourth-order valence-electron chi connectivity index (χ4n) is 2.83. The molecule has 0 saturated heterocycles. The lowest BCUT2D eigenvalue weighted by atomic mass is 10.0. The molecule has 2 rings (SSSR count). The Morgan fingerprint density at radius 2 is 1.90 bits per heavy atom. The number of aryl methyl sites for hydroxylation is 1. The van der Waals surface area contributed by atoms with E-state index in [-0.39, 0.29) is 0 Å². The number of nitrogens with one attached hydrogen (secondary N) is 2. The number of hydrogen-bond donors (Lipinski definition) is 3. The molecule has 1 saturated carbocycles. The van der Waals surface area contributed by atoms with Crippen molar-refractivity contribution in [3.05, 3.63) is 11.4 Å². The van der Waals surface area contributed by atoms with Crippen LogP contribution in [0.5, 0.6) is 0 Å². The van der Waals surface area contributed by atoms with Gasteiger partial charge in [0.05, 0.1) is 0 Å². The van der Waals surface area contributed by atoms with E-state index in [1.54, 1.807) is 0 Å². The van der Waals surface area contributed by atoms with Crippen molar-refractivity contribution in [1.29, 1.82) is 0 Å².